The Balaban J connectivity index is 1.74. The normalized spacial score (nSPS) is 12.1. The quantitative estimate of drug-likeness (QED) is 0.690. The maximum Gasteiger partial charge on any atom is 0.220 e. The highest BCUT2D eigenvalue weighted by molar-refractivity contribution is 5.76. The van der Waals surface area contributed by atoms with E-state index in [0.717, 1.165) is 17.1 Å². The number of anilines is 1. The number of amides is 1. The molecular weight excluding hydrogens is 254 g/mol. The summed E-state index contributed by atoms with van der Waals surface area (Å²) < 4.78 is 0. The van der Waals surface area contributed by atoms with Crippen LogP contribution < -0.4 is 11.1 Å². The van der Waals surface area contributed by atoms with Gasteiger partial charge >= 0.3 is 0 Å². The van der Waals surface area contributed by atoms with Crippen molar-refractivity contribution in [2.24, 2.45) is 0 Å². The molecule has 0 bridgehead atoms. The largest absolute Gasteiger partial charge is 0.399 e. The molecule has 20 heavy (non-hydrogen) atoms. The van der Waals surface area contributed by atoms with Crippen molar-refractivity contribution in [3.05, 3.63) is 42.0 Å². The Morgan fingerprint density at radius 3 is 2.80 bits per heavy atom. The molecule has 0 aliphatic heterocycles. The van der Waals surface area contributed by atoms with Crippen molar-refractivity contribution in [3.63, 3.8) is 0 Å². The Bertz CT molecular complexity index is 535. The van der Waals surface area contributed by atoms with Crippen LogP contribution in [0, 0.1) is 0 Å². The Labute approximate surface area is 117 Å². The summed E-state index contributed by atoms with van der Waals surface area (Å²) in [5.74, 6) is 0.978. The standard InChI is InChI=1S/C14H19N5O/c1-10(11-2-4-12(15)5-3-11)8-14(20)16-7-6-13-17-9-18-19-13/h2-5,9-10H,6-8,15H2,1H3,(H,16,20)(H,17,18,19). The molecule has 1 aromatic heterocycles. The molecule has 6 nitrogen and oxygen atoms in total. The fourth-order valence-corrected chi connectivity index (χ4v) is 1.96. The van der Waals surface area contributed by atoms with E-state index < -0.39 is 0 Å². The highest BCUT2D eigenvalue weighted by Gasteiger charge is 2.11. The van der Waals surface area contributed by atoms with E-state index in [9.17, 15) is 4.79 Å². The lowest BCUT2D eigenvalue weighted by atomic mass is 9.97. The lowest BCUT2D eigenvalue weighted by Gasteiger charge is -2.12. The van der Waals surface area contributed by atoms with Gasteiger partial charge in [-0.25, -0.2) is 4.98 Å². The van der Waals surface area contributed by atoms with Gasteiger partial charge in [0.25, 0.3) is 0 Å². The molecule has 0 aliphatic rings. The summed E-state index contributed by atoms with van der Waals surface area (Å²) in [6.07, 6.45) is 2.57. The number of nitrogen functional groups attached to an aromatic ring is 1. The van der Waals surface area contributed by atoms with Crippen molar-refractivity contribution in [1.82, 2.24) is 20.5 Å². The predicted molar refractivity (Wildman–Crippen MR) is 77.0 cm³/mol. The number of carbonyl (C=O) groups excluding carboxylic acids is 1. The zero-order chi connectivity index (χ0) is 14.4. The first-order valence-electron chi connectivity index (χ1n) is 6.61. The number of aromatic nitrogens is 3. The van der Waals surface area contributed by atoms with Crippen molar-refractivity contribution in [2.45, 2.75) is 25.7 Å². The lowest BCUT2D eigenvalue weighted by Crippen LogP contribution is -2.27. The molecule has 2 rings (SSSR count). The molecule has 2 aromatic rings. The van der Waals surface area contributed by atoms with Crippen molar-refractivity contribution in [3.8, 4) is 0 Å². The number of carbonyl (C=O) groups is 1. The van der Waals surface area contributed by atoms with Crippen LogP contribution in [0.2, 0.25) is 0 Å². The van der Waals surface area contributed by atoms with Gasteiger partial charge in [-0.15, -0.1) is 0 Å². The van der Waals surface area contributed by atoms with Gasteiger partial charge in [-0.1, -0.05) is 19.1 Å². The molecule has 1 aromatic carbocycles. The Hall–Kier alpha value is -2.37. The smallest absolute Gasteiger partial charge is 0.220 e. The first-order chi connectivity index (χ1) is 9.65. The van der Waals surface area contributed by atoms with E-state index in [4.69, 9.17) is 5.73 Å². The number of nitrogens with two attached hydrogens (primary N) is 1. The van der Waals surface area contributed by atoms with Crippen LogP contribution in [0.5, 0.6) is 0 Å². The fraction of sp³-hybridized carbons (Fsp3) is 0.357. The van der Waals surface area contributed by atoms with Crippen molar-refractivity contribution >= 4 is 11.6 Å². The summed E-state index contributed by atoms with van der Waals surface area (Å²) in [4.78, 5) is 15.8. The predicted octanol–water partition coefficient (Wildman–Crippen LogP) is 1.24. The Morgan fingerprint density at radius 2 is 2.15 bits per heavy atom. The highest BCUT2D eigenvalue weighted by Crippen LogP contribution is 2.19. The van der Waals surface area contributed by atoms with Crippen LogP contribution in [-0.4, -0.2) is 27.6 Å². The van der Waals surface area contributed by atoms with Crippen LogP contribution >= 0.6 is 0 Å². The fourth-order valence-electron chi connectivity index (χ4n) is 1.96. The zero-order valence-corrected chi connectivity index (χ0v) is 11.5. The van der Waals surface area contributed by atoms with Crippen molar-refractivity contribution in [2.75, 3.05) is 12.3 Å². The third-order valence-electron chi connectivity index (χ3n) is 3.15. The molecule has 0 spiro atoms. The van der Waals surface area contributed by atoms with Gasteiger partial charge in [-0.2, -0.15) is 5.10 Å². The molecule has 1 atom stereocenters. The SMILES string of the molecule is CC(CC(=O)NCCc1ncn[nH]1)c1ccc(N)cc1. The van der Waals surface area contributed by atoms with Gasteiger partial charge in [0.1, 0.15) is 12.2 Å². The van der Waals surface area contributed by atoms with Crippen LogP contribution in [0.1, 0.15) is 30.7 Å². The Kier molecular flexibility index (Phi) is 4.70. The van der Waals surface area contributed by atoms with E-state index in [1.807, 2.05) is 31.2 Å². The maximum absolute atomic E-state index is 11.8. The highest BCUT2D eigenvalue weighted by atomic mass is 16.1. The number of nitrogens with zero attached hydrogens (tertiary/aromatic N) is 2. The molecule has 0 radical (unpaired) electrons. The molecule has 1 heterocycles. The second-order valence-electron chi connectivity index (χ2n) is 4.80. The van der Waals surface area contributed by atoms with Gasteiger partial charge < -0.3 is 11.1 Å². The molecule has 1 unspecified atom stereocenters. The Morgan fingerprint density at radius 1 is 1.40 bits per heavy atom. The lowest BCUT2D eigenvalue weighted by molar-refractivity contribution is -0.121. The van der Waals surface area contributed by atoms with Crippen LogP contribution in [0.3, 0.4) is 0 Å². The monoisotopic (exact) mass is 273 g/mol. The first kappa shape index (κ1) is 14.0. The first-order valence-corrected chi connectivity index (χ1v) is 6.61. The summed E-state index contributed by atoms with van der Waals surface area (Å²) in [6, 6.07) is 7.63. The molecular formula is C14H19N5O. The minimum Gasteiger partial charge on any atom is -0.399 e. The van der Waals surface area contributed by atoms with Crippen LogP contribution in [0.25, 0.3) is 0 Å². The van der Waals surface area contributed by atoms with E-state index >= 15 is 0 Å². The average Bonchev–Trinajstić information content (AvgIpc) is 2.92. The van der Waals surface area contributed by atoms with Gasteiger partial charge in [-0.05, 0) is 23.6 Å². The summed E-state index contributed by atoms with van der Waals surface area (Å²) >= 11 is 0. The summed E-state index contributed by atoms with van der Waals surface area (Å²) in [7, 11) is 0. The van der Waals surface area contributed by atoms with Gasteiger partial charge in [0.15, 0.2) is 0 Å². The number of H-pyrrole nitrogens is 1. The van der Waals surface area contributed by atoms with E-state index in [1.54, 1.807) is 0 Å². The summed E-state index contributed by atoms with van der Waals surface area (Å²) in [5, 5.41) is 9.40. The topological polar surface area (TPSA) is 96.7 Å². The number of rotatable bonds is 6. The number of hydrogen-bond donors (Lipinski definition) is 3. The molecule has 6 heteroatoms. The van der Waals surface area contributed by atoms with E-state index in [1.165, 1.54) is 6.33 Å². The van der Waals surface area contributed by atoms with Crippen molar-refractivity contribution < 1.29 is 4.79 Å². The van der Waals surface area contributed by atoms with Gasteiger partial charge in [0.2, 0.25) is 5.91 Å². The molecule has 4 N–H and O–H groups in total. The number of aromatic amines is 1. The second kappa shape index (κ2) is 6.70. The van der Waals surface area contributed by atoms with Crippen LogP contribution in [0.4, 0.5) is 5.69 Å². The van der Waals surface area contributed by atoms with Gasteiger partial charge in [0, 0.05) is 25.1 Å². The molecule has 0 saturated heterocycles. The third-order valence-corrected chi connectivity index (χ3v) is 3.15. The number of nitrogens with one attached hydrogen (secondary N) is 2. The van der Waals surface area contributed by atoms with Crippen LogP contribution in [-0.2, 0) is 11.2 Å². The van der Waals surface area contributed by atoms with Gasteiger partial charge in [0.05, 0.1) is 0 Å². The average molecular weight is 273 g/mol. The maximum atomic E-state index is 11.8. The molecule has 106 valence electrons. The van der Waals surface area contributed by atoms with E-state index in [2.05, 4.69) is 20.5 Å². The zero-order valence-electron chi connectivity index (χ0n) is 11.5. The summed E-state index contributed by atoms with van der Waals surface area (Å²) in [5.41, 5.74) is 7.50. The van der Waals surface area contributed by atoms with E-state index in [0.29, 0.717) is 19.4 Å². The molecule has 1 amide bonds. The number of hydrogen-bond acceptors (Lipinski definition) is 4. The van der Waals surface area contributed by atoms with E-state index in [-0.39, 0.29) is 11.8 Å². The van der Waals surface area contributed by atoms with Crippen molar-refractivity contribution in [1.29, 1.82) is 0 Å². The summed E-state index contributed by atoms with van der Waals surface area (Å²) in [6.45, 7) is 2.59. The minimum atomic E-state index is 0.0360. The second-order valence-corrected chi connectivity index (χ2v) is 4.80. The third kappa shape index (κ3) is 4.08. The molecule has 0 saturated carbocycles. The number of benzene rings is 1. The minimum absolute atomic E-state index is 0.0360. The van der Waals surface area contributed by atoms with Gasteiger partial charge in [-0.3, -0.25) is 9.89 Å². The molecule has 0 fully saturated rings. The molecule has 0 aliphatic carbocycles. The van der Waals surface area contributed by atoms with Crippen LogP contribution in [0.15, 0.2) is 30.6 Å².